The second-order valence-corrected chi connectivity index (χ2v) is 2.69. The van der Waals surface area contributed by atoms with Gasteiger partial charge in [0.2, 0.25) is 5.91 Å². The molecule has 3 nitrogen and oxygen atoms in total. The minimum Gasteiger partial charge on any atom is -0.367 e. The molecule has 0 aliphatic carbocycles. The molecule has 0 aliphatic heterocycles. The van der Waals surface area contributed by atoms with E-state index >= 15 is 0 Å². The largest absolute Gasteiger partial charge is 0.367 e. The Morgan fingerprint density at radius 1 is 1.46 bits per heavy atom. The molecule has 0 spiro atoms. The van der Waals surface area contributed by atoms with Crippen molar-refractivity contribution in [3.63, 3.8) is 0 Å². The van der Waals surface area contributed by atoms with E-state index in [0.29, 0.717) is 6.61 Å². The summed E-state index contributed by atoms with van der Waals surface area (Å²) in [6.07, 6.45) is -0.778. The summed E-state index contributed by atoms with van der Waals surface area (Å²) >= 11 is 0. The van der Waals surface area contributed by atoms with Crippen LogP contribution >= 0.6 is 0 Å². The Balaban J connectivity index is 2.39. The summed E-state index contributed by atoms with van der Waals surface area (Å²) in [4.78, 5) is 10.6. The zero-order valence-electron chi connectivity index (χ0n) is 7.27. The van der Waals surface area contributed by atoms with E-state index in [9.17, 15) is 4.79 Å². The van der Waals surface area contributed by atoms with E-state index in [1.807, 2.05) is 30.3 Å². The highest BCUT2D eigenvalue weighted by Gasteiger charge is 2.07. The van der Waals surface area contributed by atoms with E-state index in [-0.39, 0.29) is 0 Å². The Kier molecular flexibility index (Phi) is 3.46. The summed E-state index contributed by atoms with van der Waals surface area (Å²) in [5.74, 6) is -0.545. The van der Waals surface area contributed by atoms with Crippen LogP contribution in [0, 0.1) is 6.92 Å². The first-order valence-corrected chi connectivity index (χ1v) is 3.98. The summed E-state index contributed by atoms with van der Waals surface area (Å²) in [5.41, 5.74) is 5.97. The van der Waals surface area contributed by atoms with Crippen molar-refractivity contribution in [1.29, 1.82) is 0 Å². The van der Waals surface area contributed by atoms with Gasteiger partial charge < -0.3 is 10.5 Å². The fraction of sp³-hybridized carbons (Fsp3) is 0.200. The van der Waals surface area contributed by atoms with Crippen molar-refractivity contribution in [2.45, 2.75) is 12.7 Å². The Hall–Kier alpha value is -1.35. The zero-order valence-corrected chi connectivity index (χ0v) is 7.27. The molecule has 1 rings (SSSR count). The average Bonchev–Trinajstić information content (AvgIpc) is 2.15. The van der Waals surface area contributed by atoms with Crippen LogP contribution in [0.1, 0.15) is 5.56 Å². The summed E-state index contributed by atoms with van der Waals surface area (Å²) in [7, 11) is 0. The van der Waals surface area contributed by atoms with E-state index in [1.54, 1.807) is 0 Å². The first-order chi connectivity index (χ1) is 6.20. The number of hydrogen-bond acceptors (Lipinski definition) is 2. The number of ether oxygens (including phenoxy) is 1. The molecule has 0 bridgehead atoms. The molecule has 1 unspecified atom stereocenters. The lowest BCUT2D eigenvalue weighted by Crippen LogP contribution is -2.28. The van der Waals surface area contributed by atoms with Gasteiger partial charge in [0.1, 0.15) is 6.10 Å². The SMILES string of the molecule is [CH2]C(OCc1ccccc1)C(N)=O. The molecule has 0 aromatic heterocycles. The third-order valence-corrected chi connectivity index (χ3v) is 1.61. The molecule has 2 N–H and O–H groups in total. The molecule has 1 aromatic carbocycles. The van der Waals surface area contributed by atoms with Crippen LogP contribution in [0.5, 0.6) is 0 Å². The van der Waals surface area contributed by atoms with Crippen molar-refractivity contribution >= 4 is 5.91 Å². The van der Waals surface area contributed by atoms with Crippen LogP contribution < -0.4 is 5.73 Å². The third kappa shape index (κ3) is 3.25. The Bertz CT molecular complexity index is 272. The van der Waals surface area contributed by atoms with Gasteiger partial charge in [-0.2, -0.15) is 0 Å². The fourth-order valence-electron chi connectivity index (χ4n) is 0.853. The number of nitrogens with two attached hydrogens (primary N) is 1. The lowest BCUT2D eigenvalue weighted by atomic mass is 10.2. The van der Waals surface area contributed by atoms with Gasteiger partial charge in [-0.25, -0.2) is 0 Å². The second kappa shape index (κ2) is 4.62. The molecule has 13 heavy (non-hydrogen) atoms. The summed E-state index contributed by atoms with van der Waals surface area (Å²) < 4.78 is 5.10. The molecular formula is C10H12NO2. The highest BCUT2D eigenvalue weighted by Crippen LogP contribution is 2.02. The number of carbonyl (C=O) groups excluding carboxylic acids is 1. The Morgan fingerprint density at radius 2 is 2.08 bits per heavy atom. The minimum atomic E-state index is -0.778. The molecule has 1 radical (unpaired) electrons. The fourth-order valence-corrected chi connectivity index (χ4v) is 0.853. The molecule has 0 saturated heterocycles. The van der Waals surface area contributed by atoms with E-state index in [4.69, 9.17) is 10.5 Å². The van der Waals surface area contributed by atoms with Crippen LogP contribution in [0.15, 0.2) is 30.3 Å². The van der Waals surface area contributed by atoms with Crippen molar-refractivity contribution in [2.75, 3.05) is 0 Å². The quantitative estimate of drug-likeness (QED) is 0.744. The lowest BCUT2D eigenvalue weighted by molar-refractivity contribution is -0.127. The van der Waals surface area contributed by atoms with Crippen LogP contribution in [0.25, 0.3) is 0 Å². The van der Waals surface area contributed by atoms with E-state index in [0.717, 1.165) is 5.56 Å². The number of rotatable bonds is 4. The molecule has 0 saturated carbocycles. The molecule has 0 fully saturated rings. The van der Waals surface area contributed by atoms with Crippen molar-refractivity contribution in [2.24, 2.45) is 5.73 Å². The average molecular weight is 178 g/mol. The lowest BCUT2D eigenvalue weighted by Gasteiger charge is -2.08. The molecular weight excluding hydrogens is 166 g/mol. The molecule has 1 amide bonds. The standard InChI is InChI=1S/C10H12NO2/c1-8(10(11)12)13-7-9-5-3-2-4-6-9/h2-6,8H,1,7H2,(H2,11,12). The highest BCUT2D eigenvalue weighted by atomic mass is 16.5. The smallest absolute Gasteiger partial charge is 0.246 e. The number of hydrogen-bond donors (Lipinski definition) is 1. The number of benzene rings is 1. The summed E-state index contributed by atoms with van der Waals surface area (Å²) in [5, 5.41) is 0. The van der Waals surface area contributed by atoms with Gasteiger partial charge in [0.25, 0.3) is 0 Å². The topological polar surface area (TPSA) is 52.3 Å². The van der Waals surface area contributed by atoms with Gasteiger partial charge in [0, 0.05) is 0 Å². The highest BCUT2D eigenvalue weighted by molar-refractivity contribution is 5.79. The second-order valence-electron chi connectivity index (χ2n) is 2.69. The predicted molar refractivity (Wildman–Crippen MR) is 49.6 cm³/mol. The van der Waals surface area contributed by atoms with Gasteiger partial charge in [-0.3, -0.25) is 4.79 Å². The third-order valence-electron chi connectivity index (χ3n) is 1.61. The summed E-state index contributed by atoms with van der Waals surface area (Å²) in [6, 6.07) is 9.54. The van der Waals surface area contributed by atoms with Crippen molar-refractivity contribution in [3.05, 3.63) is 42.8 Å². The first kappa shape index (κ1) is 9.74. The Morgan fingerprint density at radius 3 is 2.62 bits per heavy atom. The van der Waals surface area contributed by atoms with Gasteiger partial charge in [0.15, 0.2) is 0 Å². The number of primary amides is 1. The van der Waals surface area contributed by atoms with Gasteiger partial charge in [0.05, 0.1) is 6.61 Å². The van der Waals surface area contributed by atoms with Gasteiger partial charge in [-0.1, -0.05) is 30.3 Å². The maximum absolute atomic E-state index is 10.6. The normalized spacial score (nSPS) is 12.4. The van der Waals surface area contributed by atoms with Gasteiger partial charge in [-0.15, -0.1) is 0 Å². The number of amides is 1. The monoisotopic (exact) mass is 178 g/mol. The van der Waals surface area contributed by atoms with E-state index in [1.165, 1.54) is 0 Å². The van der Waals surface area contributed by atoms with Crippen LogP contribution in [-0.4, -0.2) is 12.0 Å². The van der Waals surface area contributed by atoms with Crippen LogP contribution in [0.2, 0.25) is 0 Å². The van der Waals surface area contributed by atoms with Crippen molar-refractivity contribution in [1.82, 2.24) is 0 Å². The molecule has 0 aliphatic rings. The van der Waals surface area contributed by atoms with Crippen molar-refractivity contribution < 1.29 is 9.53 Å². The molecule has 1 atom stereocenters. The maximum atomic E-state index is 10.6. The van der Waals surface area contributed by atoms with Gasteiger partial charge in [-0.05, 0) is 12.5 Å². The van der Waals surface area contributed by atoms with E-state index in [2.05, 4.69) is 6.92 Å². The van der Waals surface area contributed by atoms with Crippen molar-refractivity contribution in [3.8, 4) is 0 Å². The minimum absolute atomic E-state index is 0.359. The first-order valence-electron chi connectivity index (χ1n) is 3.98. The van der Waals surface area contributed by atoms with Gasteiger partial charge >= 0.3 is 0 Å². The van der Waals surface area contributed by atoms with Crippen LogP contribution in [0.4, 0.5) is 0 Å². The zero-order chi connectivity index (χ0) is 9.68. The van der Waals surface area contributed by atoms with Crippen LogP contribution in [0.3, 0.4) is 0 Å². The maximum Gasteiger partial charge on any atom is 0.246 e. The van der Waals surface area contributed by atoms with Crippen LogP contribution in [-0.2, 0) is 16.1 Å². The predicted octanol–water partition coefficient (Wildman–Crippen LogP) is 0.891. The Labute approximate surface area is 77.5 Å². The molecule has 3 heteroatoms. The summed E-state index contributed by atoms with van der Waals surface area (Å²) in [6.45, 7) is 3.81. The number of carbonyl (C=O) groups is 1. The molecule has 69 valence electrons. The van der Waals surface area contributed by atoms with E-state index < -0.39 is 12.0 Å². The molecule has 1 aromatic rings. The molecule has 0 heterocycles.